The highest BCUT2D eigenvalue weighted by atomic mass is 127. The van der Waals surface area contributed by atoms with Crippen LogP contribution >= 0.6 is 34.5 Å². The molecule has 0 heterocycles. The maximum Gasteiger partial charge on any atom is 0.0989 e. The SMILES string of the molecule is N#C/C(=C(\N)SN)C(I)c1ccccc1. The van der Waals surface area contributed by atoms with Gasteiger partial charge in [-0.15, -0.1) is 0 Å². The number of alkyl halides is 1. The average molecular weight is 331 g/mol. The van der Waals surface area contributed by atoms with Crippen LogP contribution in [-0.2, 0) is 0 Å². The van der Waals surface area contributed by atoms with Gasteiger partial charge in [-0.25, -0.2) is 0 Å². The molecule has 15 heavy (non-hydrogen) atoms. The zero-order valence-electron chi connectivity index (χ0n) is 7.85. The first kappa shape index (κ1) is 12.4. The van der Waals surface area contributed by atoms with E-state index in [-0.39, 0.29) is 3.92 Å². The fourth-order valence-electron chi connectivity index (χ4n) is 1.09. The van der Waals surface area contributed by atoms with Crippen molar-refractivity contribution in [3.05, 3.63) is 46.5 Å². The number of nitriles is 1. The second-order valence-electron chi connectivity index (χ2n) is 2.78. The molecule has 1 rings (SSSR count). The number of allylic oxidation sites excluding steroid dienone is 1. The lowest BCUT2D eigenvalue weighted by Crippen LogP contribution is -2.04. The Morgan fingerprint density at radius 3 is 2.47 bits per heavy atom. The Morgan fingerprint density at radius 2 is 2.00 bits per heavy atom. The molecule has 4 N–H and O–H groups in total. The maximum absolute atomic E-state index is 9.00. The minimum atomic E-state index is -0.0511. The van der Waals surface area contributed by atoms with E-state index < -0.39 is 0 Å². The standard InChI is InChI=1S/C10H10IN3S/c11-9(7-4-2-1-3-5-7)8(6-12)10(13)15-14/h1-5,9H,13-14H2/b10-8-. The number of hydrogen-bond donors (Lipinski definition) is 2. The van der Waals surface area contributed by atoms with Crippen LogP contribution in [0.15, 0.2) is 40.9 Å². The monoisotopic (exact) mass is 331 g/mol. The van der Waals surface area contributed by atoms with E-state index in [2.05, 4.69) is 28.7 Å². The third kappa shape index (κ3) is 3.12. The molecule has 0 spiro atoms. The summed E-state index contributed by atoms with van der Waals surface area (Å²) in [5.41, 5.74) is 7.21. The molecule has 0 saturated carbocycles. The molecule has 0 amide bonds. The Hall–Kier alpha value is -0.710. The van der Waals surface area contributed by atoms with E-state index in [0.29, 0.717) is 10.6 Å². The Morgan fingerprint density at radius 1 is 1.40 bits per heavy atom. The third-order valence-electron chi connectivity index (χ3n) is 1.86. The molecule has 0 fully saturated rings. The number of nitrogens with zero attached hydrogens (tertiary/aromatic N) is 1. The lowest BCUT2D eigenvalue weighted by molar-refractivity contribution is 1.18. The van der Waals surface area contributed by atoms with Crippen LogP contribution in [-0.4, -0.2) is 0 Å². The van der Waals surface area contributed by atoms with Gasteiger partial charge in [0.2, 0.25) is 0 Å². The highest BCUT2D eigenvalue weighted by molar-refractivity contribution is 14.1. The molecule has 78 valence electrons. The van der Waals surface area contributed by atoms with Crippen LogP contribution < -0.4 is 10.9 Å². The fourth-order valence-corrected chi connectivity index (χ4v) is 2.48. The number of hydrogen-bond acceptors (Lipinski definition) is 4. The summed E-state index contributed by atoms with van der Waals surface area (Å²) >= 11 is 3.09. The Bertz CT molecular complexity index is 397. The van der Waals surface area contributed by atoms with E-state index in [1.54, 1.807) is 0 Å². The summed E-state index contributed by atoms with van der Waals surface area (Å²) in [4.78, 5) is 0. The van der Waals surface area contributed by atoms with Gasteiger partial charge in [-0.2, -0.15) is 5.26 Å². The molecule has 0 radical (unpaired) electrons. The van der Waals surface area contributed by atoms with Crippen LogP contribution in [0.4, 0.5) is 0 Å². The van der Waals surface area contributed by atoms with Gasteiger partial charge in [0, 0.05) is 0 Å². The quantitative estimate of drug-likeness (QED) is 0.386. The van der Waals surface area contributed by atoms with E-state index in [0.717, 1.165) is 17.5 Å². The second kappa shape index (κ2) is 6.00. The van der Waals surface area contributed by atoms with Crippen molar-refractivity contribution in [1.29, 1.82) is 5.26 Å². The van der Waals surface area contributed by atoms with Crippen molar-refractivity contribution in [1.82, 2.24) is 0 Å². The van der Waals surface area contributed by atoms with Crippen LogP contribution in [0, 0.1) is 11.3 Å². The highest BCUT2D eigenvalue weighted by Gasteiger charge is 2.15. The summed E-state index contributed by atoms with van der Waals surface area (Å²) in [6.45, 7) is 0. The van der Waals surface area contributed by atoms with Crippen molar-refractivity contribution in [2.45, 2.75) is 3.92 Å². The van der Waals surface area contributed by atoms with Gasteiger partial charge in [0.15, 0.2) is 0 Å². The molecule has 1 atom stereocenters. The average Bonchev–Trinajstić information content (AvgIpc) is 2.30. The summed E-state index contributed by atoms with van der Waals surface area (Å²) in [5.74, 6) is 0. The molecule has 1 unspecified atom stereocenters. The van der Waals surface area contributed by atoms with Gasteiger partial charge in [-0.3, -0.25) is 5.14 Å². The number of benzene rings is 1. The van der Waals surface area contributed by atoms with Crippen molar-refractivity contribution in [3.63, 3.8) is 0 Å². The molecule has 0 saturated heterocycles. The Balaban J connectivity index is 3.04. The van der Waals surface area contributed by atoms with E-state index in [9.17, 15) is 0 Å². The van der Waals surface area contributed by atoms with E-state index in [4.69, 9.17) is 16.1 Å². The summed E-state index contributed by atoms with van der Waals surface area (Å²) in [6.07, 6.45) is 0. The fraction of sp³-hybridized carbons (Fsp3) is 0.100. The van der Waals surface area contributed by atoms with E-state index >= 15 is 0 Å². The maximum atomic E-state index is 9.00. The van der Waals surface area contributed by atoms with Gasteiger partial charge in [-0.05, 0) is 17.5 Å². The molecule has 5 heteroatoms. The van der Waals surface area contributed by atoms with Crippen molar-refractivity contribution in [3.8, 4) is 6.07 Å². The first-order valence-corrected chi connectivity index (χ1v) is 6.28. The largest absolute Gasteiger partial charge is 0.392 e. The van der Waals surface area contributed by atoms with Crippen molar-refractivity contribution < 1.29 is 0 Å². The smallest absolute Gasteiger partial charge is 0.0989 e. The van der Waals surface area contributed by atoms with Crippen LogP contribution in [0.2, 0.25) is 0 Å². The van der Waals surface area contributed by atoms with Crippen molar-refractivity contribution >= 4 is 34.5 Å². The second-order valence-corrected chi connectivity index (χ2v) is 4.70. The summed E-state index contributed by atoms with van der Waals surface area (Å²) in [5, 5.41) is 14.7. The summed E-state index contributed by atoms with van der Waals surface area (Å²) in [7, 11) is 0. The molecule has 3 nitrogen and oxygen atoms in total. The van der Waals surface area contributed by atoms with E-state index in [1.165, 1.54) is 0 Å². The minimum absolute atomic E-state index is 0.0511. The third-order valence-corrected chi connectivity index (χ3v) is 3.67. The van der Waals surface area contributed by atoms with Gasteiger partial charge in [0.1, 0.15) is 0 Å². The molecule has 1 aromatic rings. The number of nitrogens with two attached hydrogens (primary N) is 2. The summed E-state index contributed by atoms with van der Waals surface area (Å²) < 4.78 is -0.0511. The molecule has 0 aliphatic rings. The zero-order valence-corrected chi connectivity index (χ0v) is 10.8. The number of rotatable bonds is 3. The molecule has 0 aliphatic heterocycles. The highest BCUT2D eigenvalue weighted by Crippen LogP contribution is 2.33. The molecule has 0 aliphatic carbocycles. The first-order chi connectivity index (χ1) is 7.20. The van der Waals surface area contributed by atoms with Crippen LogP contribution in [0.1, 0.15) is 9.49 Å². The van der Waals surface area contributed by atoms with Crippen LogP contribution in [0.5, 0.6) is 0 Å². The lowest BCUT2D eigenvalue weighted by atomic mass is 10.1. The molecular formula is C10H10IN3S. The van der Waals surface area contributed by atoms with Gasteiger partial charge in [0.25, 0.3) is 0 Å². The van der Waals surface area contributed by atoms with Gasteiger partial charge < -0.3 is 5.73 Å². The van der Waals surface area contributed by atoms with Gasteiger partial charge in [0.05, 0.1) is 20.6 Å². The van der Waals surface area contributed by atoms with Crippen LogP contribution in [0.25, 0.3) is 0 Å². The van der Waals surface area contributed by atoms with E-state index in [1.807, 2.05) is 30.3 Å². The zero-order chi connectivity index (χ0) is 11.3. The minimum Gasteiger partial charge on any atom is -0.392 e. The Labute approximate surface area is 107 Å². The predicted octanol–water partition coefficient (Wildman–Crippen LogP) is 2.46. The number of halogens is 1. The molecule has 0 bridgehead atoms. The normalized spacial score (nSPS) is 13.9. The molecule has 1 aromatic carbocycles. The van der Waals surface area contributed by atoms with Crippen molar-refractivity contribution in [2.75, 3.05) is 0 Å². The van der Waals surface area contributed by atoms with Gasteiger partial charge >= 0.3 is 0 Å². The first-order valence-electron chi connectivity index (χ1n) is 4.16. The molecular weight excluding hydrogens is 321 g/mol. The van der Waals surface area contributed by atoms with Gasteiger partial charge in [-0.1, -0.05) is 52.9 Å². The Kier molecular flexibility index (Phi) is 4.94. The summed E-state index contributed by atoms with van der Waals surface area (Å²) in [6, 6.07) is 11.8. The topological polar surface area (TPSA) is 75.8 Å². The van der Waals surface area contributed by atoms with Crippen molar-refractivity contribution in [2.24, 2.45) is 10.9 Å². The molecule has 0 aromatic heterocycles. The van der Waals surface area contributed by atoms with Crippen LogP contribution in [0.3, 0.4) is 0 Å². The lowest BCUT2D eigenvalue weighted by Gasteiger charge is -2.10. The predicted molar refractivity (Wildman–Crippen MR) is 71.8 cm³/mol.